The second kappa shape index (κ2) is 7.38. The molecule has 1 atom stereocenters. The second-order valence-electron chi connectivity index (χ2n) is 5.95. The quantitative estimate of drug-likeness (QED) is 0.747. The van der Waals surface area contributed by atoms with Crippen LogP contribution in [0.1, 0.15) is 52.4 Å². The fourth-order valence-corrected chi connectivity index (χ4v) is 3.90. The van der Waals surface area contributed by atoms with Crippen LogP contribution in [0.4, 0.5) is 0 Å². The molecule has 7 heteroatoms. The Morgan fingerprint density at radius 3 is 2.30 bits per heavy atom. The molecule has 118 valence electrons. The number of carboxylic acids is 1. The first kappa shape index (κ1) is 17.4. The molecule has 0 spiro atoms. The number of nitrogens with zero attached hydrogens (tertiary/aromatic N) is 1. The summed E-state index contributed by atoms with van der Waals surface area (Å²) in [6, 6.07) is -1.08. The molecule has 0 aliphatic heterocycles. The Labute approximate surface area is 121 Å². The number of rotatable bonds is 7. The van der Waals surface area contributed by atoms with Gasteiger partial charge in [0, 0.05) is 13.1 Å². The van der Waals surface area contributed by atoms with E-state index in [0.29, 0.717) is 0 Å². The number of carbonyl (C=O) groups is 1. The van der Waals surface area contributed by atoms with Crippen molar-refractivity contribution in [1.82, 2.24) is 9.03 Å². The highest BCUT2D eigenvalue weighted by molar-refractivity contribution is 7.87. The van der Waals surface area contributed by atoms with Gasteiger partial charge in [-0.15, -0.1) is 0 Å². The minimum Gasteiger partial charge on any atom is -0.480 e. The standard InChI is InChI=1S/C13H26N2O4S/c1-10(2)9-12(13(16)17)14-20(18,19)15(3)11-7-5-4-6-8-11/h10-12,14H,4-9H2,1-3H3,(H,16,17)/t12-/m0/s1. The Kier molecular flexibility index (Phi) is 6.42. The molecule has 0 bridgehead atoms. The average molecular weight is 306 g/mol. The van der Waals surface area contributed by atoms with Crippen molar-refractivity contribution < 1.29 is 18.3 Å². The number of hydrogen-bond acceptors (Lipinski definition) is 3. The number of hydrogen-bond donors (Lipinski definition) is 2. The summed E-state index contributed by atoms with van der Waals surface area (Å²) in [5.41, 5.74) is 0. The van der Waals surface area contributed by atoms with Crippen molar-refractivity contribution in [2.75, 3.05) is 7.05 Å². The lowest BCUT2D eigenvalue weighted by Crippen LogP contribution is -2.50. The first-order valence-corrected chi connectivity index (χ1v) is 8.66. The number of aliphatic carboxylic acids is 1. The van der Waals surface area contributed by atoms with E-state index in [2.05, 4.69) is 4.72 Å². The minimum atomic E-state index is -3.75. The maximum atomic E-state index is 12.3. The zero-order valence-corrected chi connectivity index (χ0v) is 13.3. The molecule has 0 aromatic carbocycles. The molecule has 0 heterocycles. The van der Waals surface area contributed by atoms with Gasteiger partial charge in [0.1, 0.15) is 6.04 Å². The van der Waals surface area contributed by atoms with Gasteiger partial charge in [-0.3, -0.25) is 4.79 Å². The molecule has 1 aliphatic carbocycles. The molecule has 2 N–H and O–H groups in total. The largest absolute Gasteiger partial charge is 0.480 e. The molecule has 1 saturated carbocycles. The van der Waals surface area contributed by atoms with E-state index in [1.165, 1.54) is 11.4 Å². The van der Waals surface area contributed by atoms with E-state index < -0.39 is 22.2 Å². The molecular weight excluding hydrogens is 280 g/mol. The maximum Gasteiger partial charge on any atom is 0.321 e. The van der Waals surface area contributed by atoms with Crippen LogP contribution in [0.3, 0.4) is 0 Å². The van der Waals surface area contributed by atoms with Crippen LogP contribution in [-0.2, 0) is 15.0 Å². The number of nitrogens with one attached hydrogen (secondary N) is 1. The van der Waals surface area contributed by atoms with Crippen molar-refractivity contribution in [2.24, 2.45) is 5.92 Å². The Hall–Kier alpha value is -0.660. The Balaban J connectivity index is 2.72. The molecule has 0 amide bonds. The van der Waals surface area contributed by atoms with Crippen LogP contribution < -0.4 is 4.72 Å². The van der Waals surface area contributed by atoms with Gasteiger partial charge in [0.05, 0.1) is 0 Å². The predicted octanol–water partition coefficient (Wildman–Crippen LogP) is 1.58. The van der Waals surface area contributed by atoms with E-state index in [4.69, 9.17) is 5.11 Å². The molecule has 0 aromatic heterocycles. The summed E-state index contributed by atoms with van der Waals surface area (Å²) in [5.74, 6) is -1.02. The highest BCUT2D eigenvalue weighted by Crippen LogP contribution is 2.23. The molecular formula is C13H26N2O4S. The van der Waals surface area contributed by atoms with Crippen molar-refractivity contribution in [3.63, 3.8) is 0 Å². The zero-order chi connectivity index (χ0) is 15.3. The van der Waals surface area contributed by atoms with Gasteiger partial charge < -0.3 is 5.11 Å². The van der Waals surface area contributed by atoms with E-state index >= 15 is 0 Å². The lowest BCUT2D eigenvalue weighted by atomic mass is 9.96. The van der Waals surface area contributed by atoms with E-state index in [9.17, 15) is 13.2 Å². The summed E-state index contributed by atoms with van der Waals surface area (Å²) in [4.78, 5) is 11.2. The van der Waals surface area contributed by atoms with Gasteiger partial charge in [-0.1, -0.05) is 33.1 Å². The molecule has 20 heavy (non-hydrogen) atoms. The Morgan fingerprint density at radius 2 is 1.85 bits per heavy atom. The van der Waals surface area contributed by atoms with E-state index in [0.717, 1.165) is 32.1 Å². The van der Waals surface area contributed by atoms with Gasteiger partial charge in [-0.25, -0.2) is 0 Å². The monoisotopic (exact) mass is 306 g/mol. The summed E-state index contributed by atoms with van der Waals surface area (Å²) >= 11 is 0. The van der Waals surface area contributed by atoms with E-state index in [1.807, 2.05) is 13.8 Å². The average Bonchev–Trinajstić information content (AvgIpc) is 2.37. The normalized spacial score (nSPS) is 19.4. The summed E-state index contributed by atoms with van der Waals surface area (Å²) in [6.45, 7) is 3.74. The lowest BCUT2D eigenvalue weighted by Gasteiger charge is -2.31. The Bertz CT molecular complexity index is 416. The molecule has 1 fully saturated rings. The molecule has 1 rings (SSSR count). The van der Waals surface area contributed by atoms with Gasteiger partial charge in [0.2, 0.25) is 0 Å². The first-order valence-electron chi connectivity index (χ1n) is 7.22. The molecule has 0 unspecified atom stereocenters. The Morgan fingerprint density at radius 1 is 1.30 bits per heavy atom. The fourth-order valence-electron chi connectivity index (χ4n) is 2.57. The van der Waals surface area contributed by atoms with Crippen LogP contribution in [0.15, 0.2) is 0 Å². The maximum absolute atomic E-state index is 12.3. The van der Waals surface area contributed by atoms with Crippen molar-refractivity contribution in [1.29, 1.82) is 0 Å². The smallest absolute Gasteiger partial charge is 0.321 e. The molecule has 0 radical (unpaired) electrons. The third-order valence-electron chi connectivity index (χ3n) is 3.76. The van der Waals surface area contributed by atoms with Crippen LogP contribution in [0.2, 0.25) is 0 Å². The summed E-state index contributed by atoms with van der Waals surface area (Å²) in [7, 11) is -2.21. The van der Waals surface area contributed by atoms with Crippen LogP contribution in [-0.4, -0.2) is 42.9 Å². The van der Waals surface area contributed by atoms with Gasteiger partial charge >= 0.3 is 5.97 Å². The number of carboxylic acid groups (broad SMARTS) is 1. The summed E-state index contributed by atoms with van der Waals surface area (Å²) in [6.07, 6.45) is 5.17. The van der Waals surface area contributed by atoms with Gasteiger partial charge in [-0.05, 0) is 25.2 Å². The summed E-state index contributed by atoms with van der Waals surface area (Å²) in [5, 5.41) is 9.13. The minimum absolute atomic E-state index is 0.0188. The predicted molar refractivity (Wildman–Crippen MR) is 77.6 cm³/mol. The van der Waals surface area contributed by atoms with Crippen LogP contribution in [0.25, 0.3) is 0 Å². The van der Waals surface area contributed by atoms with Crippen LogP contribution >= 0.6 is 0 Å². The van der Waals surface area contributed by atoms with Gasteiger partial charge in [0.25, 0.3) is 10.2 Å². The second-order valence-corrected chi connectivity index (χ2v) is 7.71. The third kappa shape index (κ3) is 5.03. The van der Waals surface area contributed by atoms with Gasteiger partial charge in [0.15, 0.2) is 0 Å². The molecule has 0 aromatic rings. The molecule has 0 saturated heterocycles. The van der Waals surface area contributed by atoms with Crippen molar-refractivity contribution in [3.05, 3.63) is 0 Å². The van der Waals surface area contributed by atoms with Crippen LogP contribution in [0, 0.1) is 5.92 Å². The fraction of sp³-hybridized carbons (Fsp3) is 0.923. The highest BCUT2D eigenvalue weighted by Gasteiger charge is 2.31. The summed E-state index contributed by atoms with van der Waals surface area (Å²) < 4.78 is 28.2. The van der Waals surface area contributed by atoms with Crippen molar-refractivity contribution >= 4 is 16.2 Å². The topological polar surface area (TPSA) is 86.7 Å². The molecule has 1 aliphatic rings. The third-order valence-corrected chi connectivity index (χ3v) is 5.40. The zero-order valence-electron chi connectivity index (χ0n) is 12.5. The SMILES string of the molecule is CC(C)C[C@H](NS(=O)(=O)N(C)C1CCCCC1)C(=O)O. The van der Waals surface area contributed by atoms with E-state index in [1.54, 1.807) is 0 Å². The van der Waals surface area contributed by atoms with Crippen molar-refractivity contribution in [3.8, 4) is 0 Å². The van der Waals surface area contributed by atoms with Crippen LogP contribution in [0.5, 0.6) is 0 Å². The lowest BCUT2D eigenvalue weighted by molar-refractivity contribution is -0.139. The molecule has 6 nitrogen and oxygen atoms in total. The first-order chi connectivity index (χ1) is 9.24. The van der Waals surface area contributed by atoms with Gasteiger partial charge in [-0.2, -0.15) is 17.4 Å². The van der Waals surface area contributed by atoms with E-state index in [-0.39, 0.29) is 18.4 Å². The van der Waals surface area contributed by atoms with Crippen molar-refractivity contribution in [2.45, 2.75) is 64.5 Å². The highest BCUT2D eigenvalue weighted by atomic mass is 32.2.